The maximum atomic E-state index is 12.6. The highest BCUT2D eigenvalue weighted by atomic mass is 35.5. The topological polar surface area (TPSA) is 70.4 Å². The van der Waals surface area contributed by atoms with Crippen LogP contribution in [0.1, 0.15) is 24.8 Å². The number of benzene rings is 2. The summed E-state index contributed by atoms with van der Waals surface area (Å²) in [7, 11) is -3.47. The monoisotopic (exact) mass is 376 g/mol. The standard InChI is InChI=1S/C18H17ClN2O3S/c19-17-5-4-6-18(16(17)13-20)24-14-7-9-15(10-8-14)25(22,23)21-11-2-1-3-12-21/h4-10H,1-3,11-12H2. The number of nitrogens with zero attached hydrogens (tertiary/aromatic N) is 2. The lowest BCUT2D eigenvalue weighted by molar-refractivity contribution is 0.346. The molecule has 0 N–H and O–H groups in total. The minimum absolute atomic E-state index is 0.244. The largest absolute Gasteiger partial charge is 0.456 e. The molecule has 0 radical (unpaired) electrons. The van der Waals surface area contributed by atoms with Gasteiger partial charge in [-0.2, -0.15) is 9.57 Å². The molecule has 1 aliphatic rings. The van der Waals surface area contributed by atoms with Gasteiger partial charge in [0.05, 0.1) is 9.92 Å². The van der Waals surface area contributed by atoms with E-state index in [0.717, 1.165) is 19.3 Å². The summed E-state index contributed by atoms with van der Waals surface area (Å²) in [5.41, 5.74) is 0.245. The minimum Gasteiger partial charge on any atom is -0.456 e. The number of nitriles is 1. The first-order chi connectivity index (χ1) is 12.0. The van der Waals surface area contributed by atoms with Crippen LogP contribution in [0.5, 0.6) is 11.5 Å². The van der Waals surface area contributed by atoms with Gasteiger partial charge in [-0.05, 0) is 49.2 Å². The van der Waals surface area contributed by atoms with Crippen LogP contribution < -0.4 is 4.74 Å². The van der Waals surface area contributed by atoms with E-state index in [1.165, 1.54) is 16.4 Å². The fourth-order valence-electron chi connectivity index (χ4n) is 2.76. The zero-order valence-corrected chi connectivity index (χ0v) is 15.1. The fraction of sp³-hybridized carbons (Fsp3) is 0.278. The van der Waals surface area contributed by atoms with Crippen LogP contribution in [0.25, 0.3) is 0 Å². The first-order valence-electron chi connectivity index (χ1n) is 7.99. The summed E-state index contributed by atoms with van der Waals surface area (Å²) in [6.07, 6.45) is 2.86. The third kappa shape index (κ3) is 3.79. The molecule has 0 spiro atoms. The summed E-state index contributed by atoms with van der Waals surface area (Å²) >= 11 is 5.98. The Labute approximate surface area is 152 Å². The summed E-state index contributed by atoms with van der Waals surface area (Å²) in [4.78, 5) is 0.244. The highest BCUT2D eigenvalue weighted by Crippen LogP contribution is 2.30. The van der Waals surface area contributed by atoms with Crippen LogP contribution in [0.4, 0.5) is 0 Å². The molecule has 0 saturated carbocycles. The maximum absolute atomic E-state index is 12.6. The van der Waals surface area contributed by atoms with Crippen molar-refractivity contribution in [1.29, 1.82) is 5.26 Å². The lowest BCUT2D eigenvalue weighted by atomic mass is 10.2. The van der Waals surface area contributed by atoms with Crippen LogP contribution in [-0.4, -0.2) is 25.8 Å². The molecule has 1 heterocycles. The van der Waals surface area contributed by atoms with Gasteiger partial charge in [0.15, 0.2) is 0 Å². The zero-order chi connectivity index (χ0) is 17.9. The van der Waals surface area contributed by atoms with Crippen molar-refractivity contribution in [3.8, 4) is 17.6 Å². The Morgan fingerprint density at radius 3 is 2.36 bits per heavy atom. The van der Waals surface area contributed by atoms with Crippen LogP contribution >= 0.6 is 11.6 Å². The van der Waals surface area contributed by atoms with E-state index in [9.17, 15) is 13.7 Å². The average molecular weight is 377 g/mol. The second kappa shape index (κ2) is 7.44. The Morgan fingerprint density at radius 2 is 1.72 bits per heavy atom. The molecule has 3 rings (SSSR count). The number of halogens is 1. The molecule has 2 aromatic rings. The van der Waals surface area contributed by atoms with Gasteiger partial charge in [-0.15, -0.1) is 0 Å². The van der Waals surface area contributed by atoms with E-state index >= 15 is 0 Å². The van der Waals surface area contributed by atoms with Gasteiger partial charge in [0.25, 0.3) is 0 Å². The number of rotatable bonds is 4. The molecular weight excluding hydrogens is 360 g/mol. The summed E-state index contributed by atoms with van der Waals surface area (Å²) in [6, 6.07) is 13.2. The summed E-state index contributed by atoms with van der Waals surface area (Å²) < 4.78 is 32.5. The second-order valence-electron chi connectivity index (χ2n) is 5.76. The molecule has 130 valence electrons. The van der Waals surface area contributed by atoms with Crippen LogP contribution in [-0.2, 0) is 10.0 Å². The smallest absolute Gasteiger partial charge is 0.243 e. The molecule has 0 atom stereocenters. The number of sulfonamides is 1. The molecule has 7 heteroatoms. The van der Waals surface area contributed by atoms with E-state index in [1.54, 1.807) is 30.3 Å². The van der Waals surface area contributed by atoms with Crippen LogP contribution in [0.2, 0.25) is 5.02 Å². The lowest BCUT2D eigenvalue weighted by Gasteiger charge is -2.25. The molecule has 0 aliphatic carbocycles. The fourth-order valence-corrected chi connectivity index (χ4v) is 4.48. The molecule has 25 heavy (non-hydrogen) atoms. The Morgan fingerprint density at radius 1 is 1.04 bits per heavy atom. The van der Waals surface area contributed by atoms with Crippen molar-refractivity contribution in [3.05, 3.63) is 53.1 Å². The van der Waals surface area contributed by atoms with Gasteiger partial charge in [0, 0.05) is 13.1 Å². The predicted octanol–water partition coefficient (Wildman–Crippen LogP) is 4.18. The second-order valence-corrected chi connectivity index (χ2v) is 8.11. The van der Waals surface area contributed by atoms with E-state index in [2.05, 4.69) is 0 Å². The van der Waals surface area contributed by atoms with Crippen LogP contribution in [0.3, 0.4) is 0 Å². The number of hydrogen-bond acceptors (Lipinski definition) is 4. The van der Waals surface area contributed by atoms with Gasteiger partial charge in [0.1, 0.15) is 23.1 Å². The number of ether oxygens (including phenoxy) is 1. The van der Waals surface area contributed by atoms with Crippen molar-refractivity contribution in [3.63, 3.8) is 0 Å². The van der Waals surface area contributed by atoms with E-state index in [4.69, 9.17) is 16.3 Å². The number of hydrogen-bond donors (Lipinski definition) is 0. The van der Waals surface area contributed by atoms with Crippen molar-refractivity contribution in [1.82, 2.24) is 4.31 Å². The first-order valence-corrected chi connectivity index (χ1v) is 9.81. The highest BCUT2D eigenvalue weighted by Gasteiger charge is 2.25. The lowest BCUT2D eigenvalue weighted by Crippen LogP contribution is -2.35. The van der Waals surface area contributed by atoms with Crippen molar-refractivity contribution in [2.75, 3.05) is 13.1 Å². The quantitative estimate of drug-likeness (QED) is 0.802. The Hall–Kier alpha value is -2.07. The molecule has 1 aliphatic heterocycles. The molecule has 0 amide bonds. The zero-order valence-electron chi connectivity index (χ0n) is 13.5. The summed E-state index contributed by atoms with van der Waals surface area (Å²) in [5, 5.41) is 9.48. The maximum Gasteiger partial charge on any atom is 0.243 e. The molecular formula is C18H17ClN2O3S. The number of piperidine rings is 1. The third-order valence-corrected chi connectivity index (χ3v) is 6.32. The van der Waals surface area contributed by atoms with Crippen molar-refractivity contribution in [2.24, 2.45) is 0 Å². The van der Waals surface area contributed by atoms with Gasteiger partial charge < -0.3 is 4.74 Å². The van der Waals surface area contributed by atoms with Crippen molar-refractivity contribution < 1.29 is 13.2 Å². The van der Waals surface area contributed by atoms with Crippen molar-refractivity contribution >= 4 is 21.6 Å². The summed E-state index contributed by atoms with van der Waals surface area (Å²) in [5.74, 6) is 0.776. The molecule has 2 aromatic carbocycles. The summed E-state index contributed by atoms with van der Waals surface area (Å²) in [6.45, 7) is 1.13. The molecule has 0 bridgehead atoms. The van der Waals surface area contributed by atoms with Crippen LogP contribution in [0, 0.1) is 11.3 Å². The third-order valence-electron chi connectivity index (χ3n) is 4.09. The predicted molar refractivity (Wildman–Crippen MR) is 95.3 cm³/mol. The van der Waals surface area contributed by atoms with Crippen molar-refractivity contribution in [2.45, 2.75) is 24.2 Å². The van der Waals surface area contributed by atoms with Gasteiger partial charge in [0.2, 0.25) is 10.0 Å². The van der Waals surface area contributed by atoms with Crippen LogP contribution in [0.15, 0.2) is 47.4 Å². The van der Waals surface area contributed by atoms with Gasteiger partial charge in [-0.1, -0.05) is 24.1 Å². The van der Waals surface area contributed by atoms with E-state index in [-0.39, 0.29) is 10.5 Å². The molecule has 0 unspecified atom stereocenters. The molecule has 0 aromatic heterocycles. The molecule has 1 saturated heterocycles. The Bertz CT molecular complexity index is 899. The Balaban J connectivity index is 1.81. The SMILES string of the molecule is N#Cc1c(Cl)cccc1Oc1ccc(S(=O)(=O)N2CCCCC2)cc1. The molecule has 5 nitrogen and oxygen atoms in total. The highest BCUT2D eigenvalue weighted by molar-refractivity contribution is 7.89. The van der Waals surface area contributed by atoms with E-state index in [1.807, 2.05) is 6.07 Å². The van der Waals surface area contributed by atoms with Gasteiger partial charge >= 0.3 is 0 Å². The molecule has 1 fully saturated rings. The van der Waals surface area contributed by atoms with E-state index < -0.39 is 10.0 Å². The normalized spacial score (nSPS) is 15.5. The van der Waals surface area contributed by atoms with Gasteiger partial charge in [-0.25, -0.2) is 8.42 Å². The van der Waals surface area contributed by atoms with E-state index in [0.29, 0.717) is 29.6 Å². The first kappa shape index (κ1) is 17.7. The average Bonchev–Trinajstić information content (AvgIpc) is 2.63. The Kier molecular flexibility index (Phi) is 5.28. The minimum atomic E-state index is -3.47. The van der Waals surface area contributed by atoms with Gasteiger partial charge in [-0.3, -0.25) is 0 Å².